The van der Waals surface area contributed by atoms with Crippen molar-refractivity contribution in [3.63, 3.8) is 0 Å². The van der Waals surface area contributed by atoms with Gasteiger partial charge in [-0.25, -0.2) is 5.01 Å². The summed E-state index contributed by atoms with van der Waals surface area (Å²) in [4.78, 5) is 14.1. The summed E-state index contributed by atoms with van der Waals surface area (Å²) in [6, 6.07) is 15.1. The Bertz CT molecular complexity index is 908. The minimum atomic E-state index is 0. The monoisotopic (exact) mass is 479 g/mol. The third kappa shape index (κ3) is 5.57. The number of hydrogen-bond donors (Lipinski definition) is 1. The molecule has 7 heteroatoms. The van der Waals surface area contributed by atoms with Crippen LogP contribution in [0.3, 0.4) is 0 Å². The molecule has 2 aliphatic heterocycles. The highest BCUT2D eigenvalue weighted by molar-refractivity contribution is 5.96. The topological polar surface area (TPSA) is 58.8 Å². The number of nitrogens with zero attached hydrogens (tertiary/aromatic N) is 2. The highest BCUT2D eigenvalue weighted by atomic mass is 35.5. The highest BCUT2D eigenvalue weighted by Crippen LogP contribution is 2.40. The molecule has 2 aliphatic rings. The van der Waals surface area contributed by atoms with Crippen molar-refractivity contribution < 1.29 is 9.53 Å². The van der Waals surface area contributed by atoms with Gasteiger partial charge in [-0.05, 0) is 74.3 Å². The SMILES string of the molecule is CC(C)Oc1cc2c(cc1C[C@@H]1CCCN(N)[C@@H]1c1ccccc1)N(C)C(=O)CC2.Cl.Cl. The lowest BCUT2D eigenvalue weighted by atomic mass is 9.81. The molecule has 4 rings (SSSR count). The average Bonchev–Trinajstić information content (AvgIpc) is 2.72. The van der Waals surface area contributed by atoms with E-state index in [1.54, 1.807) is 4.90 Å². The molecule has 0 unspecified atom stereocenters. The van der Waals surface area contributed by atoms with Gasteiger partial charge in [0.25, 0.3) is 0 Å². The first kappa shape index (κ1) is 26.5. The Labute approximate surface area is 204 Å². The second-order valence-electron chi connectivity index (χ2n) is 8.91. The van der Waals surface area contributed by atoms with Gasteiger partial charge in [0.2, 0.25) is 5.91 Å². The first-order valence-corrected chi connectivity index (χ1v) is 11.1. The van der Waals surface area contributed by atoms with E-state index in [9.17, 15) is 4.79 Å². The van der Waals surface area contributed by atoms with Crippen LogP contribution >= 0.6 is 24.8 Å². The molecule has 1 saturated heterocycles. The van der Waals surface area contributed by atoms with Crippen LogP contribution < -0.4 is 15.5 Å². The van der Waals surface area contributed by atoms with Crippen molar-refractivity contribution in [2.45, 2.75) is 58.1 Å². The number of rotatable bonds is 5. The molecule has 2 atom stereocenters. The molecule has 0 saturated carbocycles. The highest BCUT2D eigenvalue weighted by Gasteiger charge is 2.32. The summed E-state index contributed by atoms with van der Waals surface area (Å²) in [5, 5.41) is 2.00. The lowest BCUT2D eigenvalue weighted by Crippen LogP contribution is -2.44. The predicted molar refractivity (Wildman–Crippen MR) is 135 cm³/mol. The number of anilines is 1. The minimum Gasteiger partial charge on any atom is -0.491 e. The van der Waals surface area contributed by atoms with Crippen molar-refractivity contribution in [1.82, 2.24) is 5.01 Å². The van der Waals surface area contributed by atoms with E-state index in [2.05, 4.69) is 50.2 Å². The Balaban J connectivity index is 0.00000181. The van der Waals surface area contributed by atoms with Crippen molar-refractivity contribution in [3.05, 3.63) is 59.2 Å². The second kappa shape index (κ2) is 11.4. The van der Waals surface area contributed by atoms with Gasteiger partial charge < -0.3 is 9.64 Å². The standard InChI is InChI=1S/C25H33N3O2.2ClH/c1-17(2)30-23-16-19-11-12-24(29)27(3)22(19)15-21(23)14-20-10-7-13-28(26)25(20)18-8-5-4-6-9-18;;/h4-6,8-9,15-17,20,25H,7,10-14,26H2,1-3H3;2*1H/t20-,25+;;/m0../s1. The number of hydrogen-bond acceptors (Lipinski definition) is 4. The summed E-state index contributed by atoms with van der Waals surface area (Å²) in [5.41, 5.74) is 4.65. The van der Waals surface area contributed by atoms with Crippen LogP contribution in [0.1, 0.15) is 55.8 Å². The van der Waals surface area contributed by atoms with Crippen LogP contribution in [0.15, 0.2) is 42.5 Å². The number of halogens is 2. The Morgan fingerprint density at radius 2 is 1.84 bits per heavy atom. The number of aryl methyl sites for hydroxylation is 1. The summed E-state index contributed by atoms with van der Waals surface area (Å²) in [7, 11) is 1.88. The molecule has 0 spiro atoms. The van der Waals surface area contributed by atoms with Gasteiger partial charge >= 0.3 is 0 Å². The van der Waals surface area contributed by atoms with E-state index in [0.717, 1.165) is 43.7 Å². The van der Waals surface area contributed by atoms with Crippen LogP contribution in [0.4, 0.5) is 5.69 Å². The van der Waals surface area contributed by atoms with Gasteiger partial charge in [-0.15, -0.1) is 24.8 Å². The molecule has 2 heterocycles. The van der Waals surface area contributed by atoms with Crippen LogP contribution in [0.2, 0.25) is 0 Å². The average molecular weight is 480 g/mol. The zero-order valence-electron chi connectivity index (χ0n) is 19.1. The second-order valence-corrected chi connectivity index (χ2v) is 8.91. The summed E-state index contributed by atoms with van der Waals surface area (Å²) >= 11 is 0. The first-order valence-electron chi connectivity index (χ1n) is 11.1. The lowest BCUT2D eigenvalue weighted by molar-refractivity contribution is -0.118. The Morgan fingerprint density at radius 3 is 2.53 bits per heavy atom. The van der Waals surface area contributed by atoms with Crippen LogP contribution in [0, 0.1) is 5.92 Å². The number of amides is 1. The summed E-state index contributed by atoms with van der Waals surface area (Å²) in [6.45, 7) is 5.04. The third-order valence-corrected chi connectivity index (χ3v) is 6.39. The van der Waals surface area contributed by atoms with Crippen LogP contribution in [-0.2, 0) is 17.6 Å². The number of nitrogens with two attached hydrogens (primary N) is 1. The molecule has 0 bridgehead atoms. The number of ether oxygens (including phenoxy) is 1. The first-order chi connectivity index (χ1) is 14.4. The van der Waals surface area contributed by atoms with Gasteiger partial charge in [0, 0.05) is 25.7 Å². The van der Waals surface area contributed by atoms with E-state index in [1.807, 2.05) is 18.1 Å². The molecule has 0 aliphatic carbocycles. The number of carbonyl (C=O) groups excluding carboxylic acids is 1. The predicted octanol–water partition coefficient (Wildman–Crippen LogP) is 5.10. The van der Waals surface area contributed by atoms with E-state index in [-0.39, 0.29) is 42.9 Å². The van der Waals surface area contributed by atoms with Crippen molar-refractivity contribution in [2.24, 2.45) is 11.8 Å². The number of carbonyl (C=O) groups is 1. The van der Waals surface area contributed by atoms with Gasteiger partial charge in [0.05, 0.1) is 12.1 Å². The molecule has 1 fully saturated rings. The van der Waals surface area contributed by atoms with Gasteiger partial charge in [0.1, 0.15) is 5.75 Å². The van der Waals surface area contributed by atoms with E-state index in [0.29, 0.717) is 12.3 Å². The normalized spacial score (nSPS) is 20.9. The Morgan fingerprint density at radius 1 is 1.12 bits per heavy atom. The molecule has 2 aromatic rings. The number of hydrazine groups is 1. The molecule has 176 valence electrons. The number of piperidine rings is 1. The molecular weight excluding hydrogens is 445 g/mol. The van der Waals surface area contributed by atoms with Crippen molar-refractivity contribution in [3.8, 4) is 5.75 Å². The van der Waals surface area contributed by atoms with Gasteiger partial charge in [0.15, 0.2) is 0 Å². The van der Waals surface area contributed by atoms with E-state index >= 15 is 0 Å². The summed E-state index contributed by atoms with van der Waals surface area (Å²) in [5.74, 6) is 8.00. The fourth-order valence-corrected chi connectivity index (χ4v) is 4.95. The molecule has 0 aromatic heterocycles. The quantitative estimate of drug-likeness (QED) is 0.606. The summed E-state index contributed by atoms with van der Waals surface area (Å²) in [6.07, 6.45) is 4.54. The van der Waals surface area contributed by atoms with Crippen LogP contribution in [0.25, 0.3) is 0 Å². The largest absolute Gasteiger partial charge is 0.491 e. The molecule has 2 aromatic carbocycles. The maximum Gasteiger partial charge on any atom is 0.227 e. The fraction of sp³-hybridized carbons (Fsp3) is 0.480. The van der Waals surface area contributed by atoms with Crippen molar-refractivity contribution >= 4 is 36.4 Å². The smallest absolute Gasteiger partial charge is 0.227 e. The molecular formula is C25H35Cl2N3O2. The number of fused-ring (bicyclic) bond motifs is 1. The summed E-state index contributed by atoms with van der Waals surface area (Å²) < 4.78 is 6.23. The van der Waals surface area contributed by atoms with E-state index in [4.69, 9.17) is 10.6 Å². The number of benzene rings is 2. The fourth-order valence-electron chi connectivity index (χ4n) is 4.95. The zero-order valence-corrected chi connectivity index (χ0v) is 20.8. The van der Waals surface area contributed by atoms with Gasteiger partial charge in [-0.1, -0.05) is 30.3 Å². The molecule has 0 radical (unpaired) electrons. The molecule has 5 nitrogen and oxygen atoms in total. The molecule has 1 amide bonds. The van der Waals surface area contributed by atoms with Gasteiger partial charge in [-0.2, -0.15) is 0 Å². The Hall–Kier alpha value is -1.79. The lowest BCUT2D eigenvalue weighted by Gasteiger charge is -2.39. The van der Waals surface area contributed by atoms with Gasteiger partial charge in [-0.3, -0.25) is 10.6 Å². The van der Waals surface area contributed by atoms with Crippen LogP contribution in [-0.4, -0.2) is 30.6 Å². The molecule has 2 N–H and O–H groups in total. The van der Waals surface area contributed by atoms with Crippen LogP contribution in [0.5, 0.6) is 5.75 Å². The minimum absolute atomic E-state index is 0. The van der Waals surface area contributed by atoms with Crippen molar-refractivity contribution in [1.29, 1.82) is 0 Å². The van der Waals surface area contributed by atoms with E-state index < -0.39 is 0 Å². The maximum absolute atomic E-state index is 12.3. The Kier molecular flexibility index (Phi) is 9.40. The molecule has 32 heavy (non-hydrogen) atoms. The maximum atomic E-state index is 12.3. The van der Waals surface area contributed by atoms with E-state index in [1.165, 1.54) is 16.7 Å². The zero-order chi connectivity index (χ0) is 21.3. The third-order valence-electron chi connectivity index (χ3n) is 6.39. The van der Waals surface area contributed by atoms with Crippen molar-refractivity contribution in [2.75, 3.05) is 18.5 Å².